The number of ether oxygens (including phenoxy) is 1. The lowest BCUT2D eigenvalue weighted by Crippen LogP contribution is -2.43. The summed E-state index contributed by atoms with van der Waals surface area (Å²) < 4.78 is 31.7. The Labute approximate surface area is 109 Å². The SMILES string of the molecule is O=C1CCC=C2COC[C@@H](c3ccc(F)c(F)c3)N12. The Hall–Kier alpha value is -1.75. The van der Waals surface area contributed by atoms with Crippen molar-refractivity contribution in [1.29, 1.82) is 0 Å². The maximum Gasteiger partial charge on any atom is 0.227 e. The summed E-state index contributed by atoms with van der Waals surface area (Å²) >= 11 is 0. The molecule has 0 radical (unpaired) electrons. The Morgan fingerprint density at radius 3 is 2.89 bits per heavy atom. The van der Waals surface area contributed by atoms with Gasteiger partial charge >= 0.3 is 0 Å². The largest absolute Gasteiger partial charge is 0.373 e. The molecule has 0 bridgehead atoms. The Bertz CT molecular complexity index is 556. The Morgan fingerprint density at radius 2 is 2.11 bits per heavy atom. The van der Waals surface area contributed by atoms with E-state index in [0.717, 1.165) is 17.8 Å². The van der Waals surface area contributed by atoms with Gasteiger partial charge in [0, 0.05) is 12.1 Å². The Balaban J connectivity index is 1.98. The monoisotopic (exact) mass is 265 g/mol. The molecular weight excluding hydrogens is 252 g/mol. The minimum Gasteiger partial charge on any atom is -0.373 e. The van der Waals surface area contributed by atoms with E-state index in [1.54, 1.807) is 4.90 Å². The quantitative estimate of drug-likeness (QED) is 0.781. The van der Waals surface area contributed by atoms with Crippen molar-refractivity contribution >= 4 is 5.91 Å². The first kappa shape index (κ1) is 12.3. The van der Waals surface area contributed by atoms with Crippen LogP contribution in [-0.4, -0.2) is 24.0 Å². The normalized spacial score (nSPS) is 23.1. The highest BCUT2D eigenvalue weighted by Gasteiger charge is 2.33. The minimum absolute atomic E-state index is 0.00975. The van der Waals surface area contributed by atoms with Crippen LogP contribution in [0.4, 0.5) is 8.78 Å². The number of morpholine rings is 1. The summed E-state index contributed by atoms with van der Waals surface area (Å²) in [6.07, 6.45) is 3.12. The van der Waals surface area contributed by atoms with E-state index in [1.165, 1.54) is 6.07 Å². The van der Waals surface area contributed by atoms with Crippen molar-refractivity contribution in [2.45, 2.75) is 18.9 Å². The van der Waals surface area contributed by atoms with Gasteiger partial charge in [0.2, 0.25) is 5.91 Å². The lowest BCUT2D eigenvalue weighted by Gasteiger charge is -2.39. The van der Waals surface area contributed by atoms with E-state index < -0.39 is 11.6 Å². The topological polar surface area (TPSA) is 29.5 Å². The van der Waals surface area contributed by atoms with Crippen LogP contribution in [0.1, 0.15) is 24.4 Å². The Morgan fingerprint density at radius 1 is 1.26 bits per heavy atom. The maximum atomic E-state index is 13.3. The van der Waals surface area contributed by atoms with Crippen molar-refractivity contribution in [1.82, 2.24) is 4.90 Å². The van der Waals surface area contributed by atoms with Crippen LogP contribution in [0.5, 0.6) is 0 Å². The molecule has 100 valence electrons. The molecular formula is C14H13F2NO2. The van der Waals surface area contributed by atoms with Crippen molar-refractivity contribution in [2.75, 3.05) is 13.2 Å². The number of benzene rings is 1. The Kier molecular flexibility index (Phi) is 3.06. The summed E-state index contributed by atoms with van der Waals surface area (Å²) in [6.45, 7) is 0.695. The highest BCUT2D eigenvalue weighted by molar-refractivity contribution is 5.80. The number of nitrogens with zero attached hydrogens (tertiary/aromatic N) is 1. The van der Waals surface area contributed by atoms with Crippen molar-refractivity contribution in [3.05, 3.63) is 47.2 Å². The number of carbonyl (C=O) groups excluding carboxylic acids is 1. The standard InChI is InChI=1S/C14H13F2NO2/c15-11-5-4-9(6-12(11)16)13-8-19-7-10-2-1-3-14(18)17(10)13/h2,4-6,13H,1,3,7-8H2/t13-/m0/s1. The molecule has 1 amide bonds. The molecule has 0 spiro atoms. The van der Waals surface area contributed by atoms with Gasteiger partial charge in [0.25, 0.3) is 0 Å². The van der Waals surface area contributed by atoms with E-state index in [-0.39, 0.29) is 11.9 Å². The van der Waals surface area contributed by atoms with Gasteiger partial charge in [-0.1, -0.05) is 12.1 Å². The van der Waals surface area contributed by atoms with Crippen LogP contribution in [0.25, 0.3) is 0 Å². The molecule has 1 aromatic rings. The summed E-state index contributed by atoms with van der Waals surface area (Å²) in [5.41, 5.74) is 1.37. The third kappa shape index (κ3) is 2.14. The fourth-order valence-electron chi connectivity index (χ4n) is 2.56. The number of carbonyl (C=O) groups is 1. The van der Waals surface area contributed by atoms with Crippen LogP contribution >= 0.6 is 0 Å². The zero-order valence-corrected chi connectivity index (χ0v) is 10.2. The lowest BCUT2D eigenvalue weighted by atomic mass is 10.00. The zero-order valence-electron chi connectivity index (χ0n) is 10.2. The van der Waals surface area contributed by atoms with Crippen LogP contribution in [0, 0.1) is 11.6 Å². The van der Waals surface area contributed by atoms with Gasteiger partial charge < -0.3 is 9.64 Å². The highest BCUT2D eigenvalue weighted by Crippen LogP contribution is 2.33. The van der Waals surface area contributed by atoms with Crippen molar-refractivity contribution in [3.63, 3.8) is 0 Å². The number of rotatable bonds is 1. The molecule has 5 heteroatoms. The van der Waals surface area contributed by atoms with Crippen LogP contribution in [0.3, 0.4) is 0 Å². The number of amides is 1. The summed E-state index contributed by atoms with van der Waals surface area (Å²) in [7, 11) is 0. The second kappa shape index (κ2) is 4.74. The molecule has 1 aromatic carbocycles. The molecule has 2 heterocycles. The van der Waals surface area contributed by atoms with Crippen LogP contribution in [0.15, 0.2) is 30.0 Å². The molecule has 0 aromatic heterocycles. The molecule has 2 aliphatic heterocycles. The van der Waals surface area contributed by atoms with Crippen LogP contribution < -0.4 is 0 Å². The number of allylic oxidation sites excluding steroid dienone is 1. The van der Waals surface area contributed by atoms with Crippen molar-refractivity contribution < 1.29 is 18.3 Å². The van der Waals surface area contributed by atoms with Gasteiger partial charge in [0.05, 0.1) is 19.3 Å². The second-order valence-electron chi connectivity index (χ2n) is 4.70. The first-order valence-electron chi connectivity index (χ1n) is 6.20. The van der Waals surface area contributed by atoms with E-state index in [2.05, 4.69) is 0 Å². The summed E-state index contributed by atoms with van der Waals surface area (Å²) in [5.74, 6) is -1.78. The molecule has 0 saturated carbocycles. The molecule has 0 N–H and O–H groups in total. The van der Waals surface area contributed by atoms with Crippen LogP contribution in [-0.2, 0) is 9.53 Å². The average molecular weight is 265 g/mol. The third-order valence-electron chi connectivity index (χ3n) is 3.48. The second-order valence-corrected chi connectivity index (χ2v) is 4.70. The van der Waals surface area contributed by atoms with E-state index in [1.807, 2.05) is 6.08 Å². The molecule has 3 nitrogen and oxygen atoms in total. The van der Waals surface area contributed by atoms with Gasteiger partial charge in [-0.25, -0.2) is 8.78 Å². The van der Waals surface area contributed by atoms with Crippen molar-refractivity contribution in [3.8, 4) is 0 Å². The van der Waals surface area contributed by atoms with E-state index >= 15 is 0 Å². The van der Waals surface area contributed by atoms with Gasteiger partial charge in [0.1, 0.15) is 0 Å². The average Bonchev–Trinajstić information content (AvgIpc) is 2.42. The lowest BCUT2D eigenvalue weighted by molar-refractivity contribution is -0.136. The fourth-order valence-corrected chi connectivity index (χ4v) is 2.56. The fraction of sp³-hybridized carbons (Fsp3) is 0.357. The van der Waals surface area contributed by atoms with E-state index in [4.69, 9.17) is 4.74 Å². The molecule has 1 atom stereocenters. The first-order valence-corrected chi connectivity index (χ1v) is 6.20. The summed E-state index contributed by atoms with van der Waals surface area (Å²) in [4.78, 5) is 13.7. The van der Waals surface area contributed by atoms with E-state index in [0.29, 0.717) is 31.6 Å². The molecule has 2 aliphatic rings. The van der Waals surface area contributed by atoms with Gasteiger partial charge in [-0.15, -0.1) is 0 Å². The molecule has 19 heavy (non-hydrogen) atoms. The number of hydrogen-bond donors (Lipinski definition) is 0. The van der Waals surface area contributed by atoms with Gasteiger partial charge in [-0.2, -0.15) is 0 Å². The summed E-state index contributed by atoms with van der Waals surface area (Å²) in [5, 5.41) is 0. The summed E-state index contributed by atoms with van der Waals surface area (Å²) in [6, 6.07) is 3.34. The van der Waals surface area contributed by atoms with E-state index in [9.17, 15) is 13.6 Å². The number of hydrogen-bond acceptors (Lipinski definition) is 2. The number of fused-ring (bicyclic) bond motifs is 1. The first-order chi connectivity index (χ1) is 9.16. The maximum absolute atomic E-state index is 13.3. The predicted molar refractivity (Wildman–Crippen MR) is 64.1 cm³/mol. The smallest absolute Gasteiger partial charge is 0.227 e. The molecule has 1 fully saturated rings. The molecule has 0 aliphatic carbocycles. The minimum atomic E-state index is -0.905. The highest BCUT2D eigenvalue weighted by atomic mass is 19.2. The molecule has 1 saturated heterocycles. The molecule has 3 rings (SSSR count). The van der Waals surface area contributed by atoms with Crippen molar-refractivity contribution in [2.24, 2.45) is 0 Å². The van der Waals surface area contributed by atoms with Gasteiger partial charge in [-0.3, -0.25) is 4.79 Å². The number of halogens is 2. The molecule has 0 unspecified atom stereocenters. The predicted octanol–water partition coefficient (Wildman–Crippen LogP) is 2.54. The van der Waals surface area contributed by atoms with Gasteiger partial charge in [0.15, 0.2) is 11.6 Å². The van der Waals surface area contributed by atoms with Gasteiger partial charge in [-0.05, 0) is 24.1 Å². The zero-order chi connectivity index (χ0) is 13.4. The van der Waals surface area contributed by atoms with Crippen LogP contribution in [0.2, 0.25) is 0 Å². The third-order valence-corrected chi connectivity index (χ3v) is 3.48.